The number of rotatable bonds is 3. The molecule has 0 aliphatic carbocycles. The van der Waals surface area contributed by atoms with E-state index in [1.807, 2.05) is 0 Å². The second-order valence-electron chi connectivity index (χ2n) is 4.30. The zero-order valence-electron chi connectivity index (χ0n) is 8.72. The van der Waals surface area contributed by atoms with Crippen LogP contribution in [0.2, 0.25) is 0 Å². The van der Waals surface area contributed by atoms with E-state index in [9.17, 15) is 13.6 Å². The van der Waals surface area contributed by atoms with Crippen molar-refractivity contribution in [3.05, 3.63) is 0 Å². The molecule has 0 N–H and O–H groups in total. The molecule has 1 rings (SSSR count). The van der Waals surface area contributed by atoms with E-state index in [0.717, 1.165) is 12.8 Å². The third-order valence-corrected chi connectivity index (χ3v) is 2.37. The summed E-state index contributed by atoms with van der Waals surface area (Å²) in [5, 5.41) is 0. The van der Waals surface area contributed by atoms with Gasteiger partial charge in [0.05, 0.1) is 0 Å². The molecule has 1 amide bonds. The summed E-state index contributed by atoms with van der Waals surface area (Å²) in [7, 11) is 0. The van der Waals surface area contributed by atoms with Crippen LogP contribution in [0, 0.1) is 5.92 Å². The number of amides is 1. The van der Waals surface area contributed by atoms with Gasteiger partial charge in [0.25, 0.3) is 5.91 Å². The highest BCUT2D eigenvalue weighted by Gasteiger charge is 2.42. The SMILES string of the molecule is CC(C)CC(F)(F)C(=O)N1CCCC1. The molecule has 0 spiro atoms. The Labute approximate surface area is 83.3 Å². The molecule has 1 aliphatic heterocycles. The number of alkyl halides is 2. The van der Waals surface area contributed by atoms with Crippen LogP contribution in [0.15, 0.2) is 0 Å². The molecule has 1 aliphatic rings. The number of halogens is 2. The van der Waals surface area contributed by atoms with Crippen molar-refractivity contribution in [3.63, 3.8) is 0 Å². The minimum Gasteiger partial charge on any atom is -0.337 e. The van der Waals surface area contributed by atoms with Crippen LogP contribution in [0.5, 0.6) is 0 Å². The average molecular weight is 205 g/mol. The van der Waals surface area contributed by atoms with Gasteiger partial charge in [-0.1, -0.05) is 13.8 Å². The Hall–Kier alpha value is -0.670. The molecule has 0 atom stereocenters. The molecule has 1 fully saturated rings. The van der Waals surface area contributed by atoms with E-state index in [2.05, 4.69) is 0 Å². The van der Waals surface area contributed by atoms with Gasteiger partial charge >= 0.3 is 5.92 Å². The lowest BCUT2D eigenvalue weighted by atomic mass is 10.0. The highest BCUT2D eigenvalue weighted by molar-refractivity contribution is 5.83. The van der Waals surface area contributed by atoms with E-state index in [0.29, 0.717) is 13.1 Å². The summed E-state index contributed by atoms with van der Waals surface area (Å²) in [6, 6.07) is 0. The van der Waals surface area contributed by atoms with Gasteiger partial charge in [-0.05, 0) is 18.8 Å². The Morgan fingerprint density at radius 1 is 1.36 bits per heavy atom. The Kier molecular flexibility index (Phi) is 3.45. The van der Waals surface area contributed by atoms with Crippen molar-refractivity contribution >= 4 is 5.91 Å². The zero-order chi connectivity index (χ0) is 10.8. The molecule has 0 aromatic rings. The largest absolute Gasteiger partial charge is 0.337 e. The number of carbonyl (C=O) groups is 1. The van der Waals surface area contributed by atoms with Gasteiger partial charge in [0.15, 0.2) is 0 Å². The van der Waals surface area contributed by atoms with E-state index in [4.69, 9.17) is 0 Å². The summed E-state index contributed by atoms with van der Waals surface area (Å²) < 4.78 is 26.7. The molecule has 2 nitrogen and oxygen atoms in total. The fourth-order valence-corrected chi connectivity index (χ4v) is 1.75. The predicted octanol–water partition coefficient (Wildman–Crippen LogP) is 2.29. The Morgan fingerprint density at radius 3 is 2.29 bits per heavy atom. The van der Waals surface area contributed by atoms with Gasteiger partial charge in [-0.15, -0.1) is 0 Å². The van der Waals surface area contributed by atoms with Crippen molar-refractivity contribution in [1.29, 1.82) is 0 Å². The molecule has 14 heavy (non-hydrogen) atoms. The normalized spacial score (nSPS) is 17.9. The van der Waals surface area contributed by atoms with Gasteiger partial charge in [-0.2, -0.15) is 8.78 Å². The summed E-state index contributed by atoms with van der Waals surface area (Å²) in [6.45, 7) is 4.38. The van der Waals surface area contributed by atoms with Crippen LogP contribution in [-0.4, -0.2) is 29.8 Å². The minimum atomic E-state index is -3.17. The lowest BCUT2D eigenvalue weighted by molar-refractivity contribution is -0.158. The van der Waals surface area contributed by atoms with Gasteiger partial charge in [0.1, 0.15) is 0 Å². The average Bonchev–Trinajstić information content (AvgIpc) is 2.51. The van der Waals surface area contributed by atoms with Crippen LogP contribution in [0.4, 0.5) is 8.78 Å². The molecule has 82 valence electrons. The predicted molar refractivity (Wildman–Crippen MR) is 50.2 cm³/mol. The lowest BCUT2D eigenvalue weighted by Crippen LogP contribution is -2.42. The summed E-state index contributed by atoms with van der Waals surface area (Å²) in [5.41, 5.74) is 0. The Balaban J connectivity index is 2.56. The van der Waals surface area contributed by atoms with Crippen LogP contribution in [0.1, 0.15) is 33.1 Å². The van der Waals surface area contributed by atoms with Gasteiger partial charge in [-0.25, -0.2) is 0 Å². The topological polar surface area (TPSA) is 20.3 Å². The molecule has 0 aromatic heterocycles. The molecule has 4 heteroatoms. The standard InChI is InChI=1S/C10H17F2NO/c1-8(2)7-10(11,12)9(14)13-5-3-4-6-13/h8H,3-7H2,1-2H3. The maximum absolute atomic E-state index is 13.3. The van der Waals surface area contributed by atoms with E-state index in [1.165, 1.54) is 4.90 Å². The molecular formula is C10H17F2NO. The van der Waals surface area contributed by atoms with Gasteiger partial charge in [0, 0.05) is 19.5 Å². The molecule has 0 bridgehead atoms. The molecule has 0 saturated carbocycles. The Morgan fingerprint density at radius 2 is 1.86 bits per heavy atom. The lowest BCUT2D eigenvalue weighted by Gasteiger charge is -2.23. The van der Waals surface area contributed by atoms with E-state index in [-0.39, 0.29) is 12.3 Å². The molecule has 1 saturated heterocycles. The molecular weight excluding hydrogens is 188 g/mol. The second kappa shape index (κ2) is 4.24. The van der Waals surface area contributed by atoms with Gasteiger partial charge in [0.2, 0.25) is 0 Å². The summed E-state index contributed by atoms with van der Waals surface area (Å²) in [5.74, 6) is -4.31. The molecule has 0 radical (unpaired) electrons. The number of hydrogen-bond acceptors (Lipinski definition) is 1. The highest BCUT2D eigenvalue weighted by Crippen LogP contribution is 2.27. The number of likely N-dealkylation sites (tertiary alicyclic amines) is 1. The first-order chi connectivity index (χ1) is 6.43. The van der Waals surface area contributed by atoms with Gasteiger partial charge < -0.3 is 4.90 Å². The van der Waals surface area contributed by atoms with Crippen molar-refractivity contribution < 1.29 is 13.6 Å². The van der Waals surface area contributed by atoms with Crippen molar-refractivity contribution in [1.82, 2.24) is 4.90 Å². The van der Waals surface area contributed by atoms with Gasteiger partial charge in [-0.3, -0.25) is 4.79 Å². The maximum Gasteiger partial charge on any atom is 0.325 e. The van der Waals surface area contributed by atoms with Crippen molar-refractivity contribution in [2.75, 3.05) is 13.1 Å². The van der Waals surface area contributed by atoms with E-state index in [1.54, 1.807) is 13.8 Å². The van der Waals surface area contributed by atoms with Crippen LogP contribution in [0.25, 0.3) is 0 Å². The number of carbonyl (C=O) groups excluding carboxylic acids is 1. The van der Waals surface area contributed by atoms with Crippen molar-refractivity contribution in [2.24, 2.45) is 5.92 Å². The zero-order valence-corrected chi connectivity index (χ0v) is 8.72. The first-order valence-electron chi connectivity index (χ1n) is 5.10. The quantitative estimate of drug-likeness (QED) is 0.692. The number of nitrogens with zero attached hydrogens (tertiary/aromatic N) is 1. The molecule has 1 heterocycles. The van der Waals surface area contributed by atoms with Crippen LogP contribution >= 0.6 is 0 Å². The maximum atomic E-state index is 13.3. The van der Waals surface area contributed by atoms with Crippen molar-refractivity contribution in [2.45, 2.75) is 39.0 Å². The number of hydrogen-bond donors (Lipinski definition) is 0. The second-order valence-corrected chi connectivity index (χ2v) is 4.30. The third kappa shape index (κ3) is 2.66. The van der Waals surface area contributed by atoms with E-state index < -0.39 is 11.8 Å². The first-order valence-corrected chi connectivity index (χ1v) is 5.10. The van der Waals surface area contributed by atoms with Crippen LogP contribution < -0.4 is 0 Å². The fourth-order valence-electron chi connectivity index (χ4n) is 1.75. The highest BCUT2D eigenvalue weighted by atomic mass is 19.3. The third-order valence-electron chi connectivity index (χ3n) is 2.37. The smallest absolute Gasteiger partial charge is 0.325 e. The summed E-state index contributed by atoms with van der Waals surface area (Å²) in [6.07, 6.45) is 1.36. The minimum absolute atomic E-state index is 0.156. The Bertz CT molecular complexity index is 210. The summed E-state index contributed by atoms with van der Waals surface area (Å²) >= 11 is 0. The van der Waals surface area contributed by atoms with E-state index >= 15 is 0 Å². The first kappa shape index (κ1) is 11.4. The van der Waals surface area contributed by atoms with Crippen molar-refractivity contribution in [3.8, 4) is 0 Å². The molecule has 0 aromatic carbocycles. The fraction of sp³-hybridized carbons (Fsp3) is 0.900. The monoisotopic (exact) mass is 205 g/mol. The molecule has 0 unspecified atom stereocenters. The van der Waals surface area contributed by atoms with Crippen LogP contribution in [-0.2, 0) is 4.79 Å². The van der Waals surface area contributed by atoms with Crippen LogP contribution in [0.3, 0.4) is 0 Å². The summed E-state index contributed by atoms with van der Waals surface area (Å²) in [4.78, 5) is 12.7.